The van der Waals surface area contributed by atoms with E-state index in [1.165, 1.54) is 11.1 Å². The molecule has 12 heteroatoms. The predicted molar refractivity (Wildman–Crippen MR) is 388 cm³/mol. The van der Waals surface area contributed by atoms with Crippen molar-refractivity contribution in [3.8, 4) is 66.8 Å². The minimum absolute atomic E-state index is 0.198. The Morgan fingerprint density at radius 2 is 0.323 bits per heavy atom. The summed E-state index contributed by atoms with van der Waals surface area (Å²) in [6.45, 7) is 22.1. The van der Waals surface area contributed by atoms with E-state index in [0.29, 0.717) is 55.6 Å². The van der Waals surface area contributed by atoms with Crippen LogP contribution in [-0.4, -0.2) is 0 Å². The van der Waals surface area contributed by atoms with E-state index in [1.807, 2.05) is 187 Å². The molecule has 12 aromatic rings. The number of benzene rings is 12. The van der Waals surface area contributed by atoms with Gasteiger partial charge in [-0.15, -0.1) is 0 Å². The molecule has 0 amide bonds. The van der Waals surface area contributed by atoms with Crippen molar-refractivity contribution in [1.82, 2.24) is 0 Å². The number of rotatable bonds is 6. The summed E-state index contributed by atoms with van der Waals surface area (Å²) in [6, 6.07) is 66.7. The van der Waals surface area contributed by atoms with E-state index in [4.69, 9.17) is 46.4 Å². The highest BCUT2D eigenvalue weighted by Gasteiger charge is 2.17. The average Bonchev–Trinajstić information content (AvgIpc) is 0.884. The zero-order chi connectivity index (χ0) is 70.2. The fourth-order valence-corrected chi connectivity index (χ4v) is 10.6. The molecule has 0 saturated carbocycles. The molecule has 12 aromatic carbocycles. The van der Waals surface area contributed by atoms with Crippen molar-refractivity contribution in [2.75, 3.05) is 0 Å². The highest BCUT2D eigenvalue weighted by atomic mass is 35.5. The van der Waals surface area contributed by atoms with E-state index in [9.17, 15) is 35.1 Å². The van der Waals surface area contributed by atoms with Gasteiger partial charge < -0.3 is 0 Å². The van der Waals surface area contributed by atoms with Crippen molar-refractivity contribution in [1.29, 1.82) is 0 Å². The minimum Gasteiger partial charge on any atom is -0.205 e. The predicted octanol–water partition coefficient (Wildman–Crippen LogP) is 27.5. The van der Waals surface area contributed by atoms with Crippen LogP contribution in [0.1, 0.15) is 66.8 Å². The summed E-state index contributed by atoms with van der Waals surface area (Å²) < 4.78 is 109. The molecule has 0 aliphatic rings. The first-order chi connectivity index (χ1) is 45.6. The third-order valence-electron chi connectivity index (χ3n) is 15.8. The van der Waals surface area contributed by atoms with Crippen LogP contribution in [0.25, 0.3) is 66.8 Å². The van der Waals surface area contributed by atoms with Gasteiger partial charge in [0.05, 0.1) is 20.1 Å². The molecule has 0 spiro atoms. The number of hydrogen-bond acceptors (Lipinski definition) is 0. The first kappa shape index (κ1) is 74.6. The van der Waals surface area contributed by atoms with Gasteiger partial charge in [0.2, 0.25) is 0 Å². The maximum absolute atomic E-state index is 13.9. The van der Waals surface area contributed by atoms with Crippen LogP contribution in [0.5, 0.6) is 0 Å². The van der Waals surface area contributed by atoms with Crippen LogP contribution in [0.4, 0.5) is 35.1 Å². The van der Waals surface area contributed by atoms with E-state index in [0.717, 1.165) is 66.8 Å². The van der Waals surface area contributed by atoms with Crippen LogP contribution in [0.3, 0.4) is 0 Å². The maximum atomic E-state index is 13.9. The fourth-order valence-electron chi connectivity index (χ4n) is 9.61. The van der Waals surface area contributed by atoms with Crippen LogP contribution in [0.15, 0.2) is 218 Å². The lowest BCUT2D eigenvalue weighted by Gasteiger charge is -2.07. The van der Waals surface area contributed by atoms with E-state index in [-0.39, 0.29) is 43.4 Å². The van der Waals surface area contributed by atoms with Crippen LogP contribution in [0, 0.1) is 130 Å². The van der Waals surface area contributed by atoms with Crippen LogP contribution in [-0.2, 0) is 0 Å². The van der Waals surface area contributed by atoms with Gasteiger partial charge in [-0.2, -0.15) is 0 Å². The van der Waals surface area contributed by atoms with Gasteiger partial charge in [-0.3, -0.25) is 0 Å². The van der Waals surface area contributed by atoms with Gasteiger partial charge in [0.15, 0.2) is 23.3 Å². The van der Waals surface area contributed by atoms with Crippen molar-refractivity contribution < 1.29 is 35.1 Å². The highest BCUT2D eigenvalue weighted by Crippen LogP contribution is 2.36. The van der Waals surface area contributed by atoms with Gasteiger partial charge in [-0.1, -0.05) is 298 Å². The van der Waals surface area contributed by atoms with Crippen LogP contribution < -0.4 is 0 Å². The molecule has 0 heterocycles. The number of hydrogen-bond donors (Lipinski definition) is 0. The molecule has 0 aromatic heterocycles. The topological polar surface area (TPSA) is 0 Å². The quantitative estimate of drug-likeness (QED) is 0.146. The minimum atomic E-state index is -0.774. The largest absolute Gasteiger partial charge is 0.205 e. The average molecular weight is 1380 g/mol. The molecular formula is C84H72Cl4F8. The zero-order valence-electron chi connectivity index (χ0n) is 55.3. The molecule has 0 N–H and O–H groups in total. The second kappa shape index (κ2) is 34.3. The smallest absolute Gasteiger partial charge is 0.166 e. The molecule has 0 bridgehead atoms. The summed E-state index contributed by atoms with van der Waals surface area (Å²) in [7, 11) is 0. The van der Waals surface area contributed by atoms with Crippen LogP contribution in [0.2, 0.25) is 20.1 Å². The first-order valence-electron chi connectivity index (χ1n) is 30.7. The normalized spacial score (nSPS) is 10.5. The summed E-state index contributed by atoms with van der Waals surface area (Å²) in [4.78, 5) is 0. The van der Waals surface area contributed by atoms with Crippen molar-refractivity contribution in [2.24, 2.45) is 0 Å². The molecule has 96 heavy (non-hydrogen) atoms. The molecule has 492 valence electrons. The van der Waals surface area contributed by atoms with E-state index < -0.39 is 23.3 Å². The Morgan fingerprint density at radius 1 is 0.156 bits per heavy atom. The molecule has 0 unspecified atom stereocenters. The van der Waals surface area contributed by atoms with Gasteiger partial charge in [0.1, 0.15) is 23.3 Å². The van der Waals surface area contributed by atoms with E-state index in [2.05, 4.69) is 0 Å². The zero-order valence-corrected chi connectivity index (χ0v) is 58.3. The van der Waals surface area contributed by atoms with Gasteiger partial charge >= 0.3 is 0 Å². The molecule has 0 radical (unpaired) electrons. The molecule has 0 fully saturated rings. The Balaban J connectivity index is 0.000000163. The molecular weight excluding hydrogens is 1300 g/mol. The monoisotopic (exact) mass is 1370 g/mol. The summed E-state index contributed by atoms with van der Waals surface area (Å²) in [5.74, 6) is -4.43. The second-order valence-electron chi connectivity index (χ2n) is 23.5. The third-order valence-corrected chi connectivity index (χ3v) is 17.5. The van der Waals surface area contributed by atoms with Crippen molar-refractivity contribution >= 4 is 46.4 Å². The van der Waals surface area contributed by atoms with Crippen LogP contribution >= 0.6 is 46.4 Å². The Morgan fingerprint density at radius 3 is 0.542 bits per heavy atom. The lowest BCUT2D eigenvalue weighted by atomic mass is 10.0. The van der Waals surface area contributed by atoms with E-state index >= 15 is 0 Å². The Bertz CT molecular complexity index is 3860. The van der Waals surface area contributed by atoms with E-state index in [1.54, 1.807) is 114 Å². The summed E-state index contributed by atoms with van der Waals surface area (Å²) in [6.07, 6.45) is 0. The molecule has 12 rings (SSSR count). The summed E-state index contributed by atoms with van der Waals surface area (Å²) in [5, 5.41) is 0.809. The Kier molecular flexibility index (Phi) is 26.6. The third kappa shape index (κ3) is 19.3. The summed E-state index contributed by atoms with van der Waals surface area (Å²) in [5.41, 5.74) is 18.3. The number of halogens is 12. The molecule has 0 saturated heterocycles. The van der Waals surface area contributed by atoms with Crippen molar-refractivity contribution in [3.63, 3.8) is 0 Å². The SMILES string of the molecule is Cc1ccc(-c2ccc(C)c(Cl)c2F)cc1.Cc1ccc(-c2ccc(C)c(Cl)c2F)cc1.Cc1ccc(-c2ccc(C)c(F)c2Cl)cc1.Cc1ccc(-c2ccc(C)c(F)c2Cl)cc1.Cc1ccc(-c2ccc(C)c(F)c2F)cc1.Cc1ccc(-c2ccc(C)c(F)c2F)cc1. The molecule has 0 aliphatic heterocycles. The number of aryl methyl sites for hydroxylation is 12. The van der Waals surface area contributed by atoms with Gasteiger partial charge in [-0.25, -0.2) is 35.1 Å². The second-order valence-corrected chi connectivity index (χ2v) is 25.1. The highest BCUT2D eigenvalue weighted by molar-refractivity contribution is 6.34. The Labute approximate surface area is 579 Å². The van der Waals surface area contributed by atoms with Crippen molar-refractivity contribution in [2.45, 2.75) is 83.1 Å². The molecule has 0 atom stereocenters. The molecule has 0 nitrogen and oxygen atoms in total. The van der Waals surface area contributed by atoms with Gasteiger partial charge in [0.25, 0.3) is 0 Å². The standard InChI is InChI=1S/4C14H12ClF.2C14H12F2/c2*1-9-3-6-11(7-4-9)12-8-5-10(2)14(16)13(12)15;4*1-9-3-6-11(7-4-9)12-8-5-10(2)13(15)14(12)16/h6*3-8H,1-2H3. The summed E-state index contributed by atoms with van der Waals surface area (Å²) >= 11 is 23.8. The Hall–Kier alpha value is -8.76. The fraction of sp³-hybridized carbons (Fsp3) is 0.143. The lowest BCUT2D eigenvalue weighted by molar-refractivity contribution is 0.505. The van der Waals surface area contributed by atoms with Gasteiger partial charge in [0, 0.05) is 33.4 Å². The first-order valence-corrected chi connectivity index (χ1v) is 32.2. The maximum Gasteiger partial charge on any atom is 0.166 e. The molecule has 0 aliphatic carbocycles. The van der Waals surface area contributed by atoms with Crippen molar-refractivity contribution in [3.05, 3.63) is 352 Å². The van der Waals surface area contributed by atoms with Gasteiger partial charge in [-0.05, 0) is 150 Å². The lowest BCUT2D eigenvalue weighted by Crippen LogP contribution is -1.92.